The lowest BCUT2D eigenvalue weighted by Gasteiger charge is -2.17. The van der Waals surface area contributed by atoms with Crippen molar-refractivity contribution < 1.29 is 9.59 Å². The standard InChI is InChI=1S/C16H10INO2/c17-10-5-7-11(8-6-10)18-14-9-15(19)16(20)13-4-2-1-3-12(13)14/h1-9,18H. The number of nitrogens with one attached hydrogen (secondary N) is 1. The zero-order valence-corrected chi connectivity index (χ0v) is 12.5. The molecule has 0 spiro atoms. The molecule has 1 N–H and O–H groups in total. The van der Waals surface area contributed by atoms with E-state index in [4.69, 9.17) is 0 Å². The van der Waals surface area contributed by atoms with Gasteiger partial charge in [0, 0.05) is 26.5 Å². The molecule has 1 aliphatic carbocycles. The second-order valence-electron chi connectivity index (χ2n) is 4.43. The van der Waals surface area contributed by atoms with E-state index in [0.29, 0.717) is 11.3 Å². The molecule has 0 aliphatic heterocycles. The van der Waals surface area contributed by atoms with Crippen LogP contribution in [0, 0.1) is 3.57 Å². The average molecular weight is 375 g/mol. The van der Waals surface area contributed by atoms with Crippen molar-refractivity contribution in [3.05, 3.63) is 69.3 Å². The number of ketones is 2. The molecular weight excluding hydrogens is 365 g/mol. The van der Waals surface area contributed by atoms with Crippen molar-refractivity contribution in [2.24, 2.45) is 0 Å². The maximum atomic E-state index is 11.8. The topological polar surface area (TPSA) is 46.2 Å². The lowest BCUT2D eigenvalue weighted by atomic mass is 9.93. The third-order valence-corrected chi connectivity index (χ3v) is 3.80. The van der Waals surface area contributed by atoms with Gasteiger partial charge in [-0.05, 0) is 46.9 Å². The summed E-state index contributed by atoms with van der Waals surface area (Å²) in [5.41, 5.74) is 2.75. The van der Waals surface area contributed by atoms with Crippen LogP contribution in [0.15, 0.2) is 54.6 Å². The Morgan fingerprint density at radius 1 is 0.850 bits per heavy atom. The Balaban J connectivity index is 2.01. The summed E-state index contributed by atoms with van der Waals surface area (Å²) in [5.74, 6) is -0.939. The van der Waals surface area contributed by atoms with Gasteiger partial charge in [0.25, 0.3) is 0 Å². The van der Waals surface area contributed by atoms with E-state index in [-0.39, 0.29) is 0 Å². The van der Waals surface area contributed by atoms with Crippen LogP contribution in [0.5, 0.6) is 0 Å². The molecule has 0 saturated carbocycles. The van der Waals surface area contributed by atoms with Gasteiger partial charge in [0.2, 0.25) is 11.6 Å². The first-order chi connectivity index (χ1) is 9.65. The fourth-order valence-electron chi connectivity index (χ4n) is 2.12. The summed E-state index contributed by atoms with van der Waals surface area (Å²) in [7, 11) is 0. The molecule has 2 aromatic rings. The predicted molar refractivity (Wildman–Crippen MR) is 86.5 cm³/mol. The van der Waals surface area contributed by atoms with Gasteiger partial charge < -0.3 is 5.32 Å². The van der Waals surface area contributed by atoms with E-state index in [9.17, 15) is 9.59 Å². The van der Waals surface area contributed by atoms with Crippen molar-refractivity contribution in [3.8, 4) is 0 Å². The molecule has 1 aliphatic rings. The number of anilines is 1. The van der Waals surface area contributed by atoms with Crippen LogP contribution >= 0.6 is 22.6 Å². The molecule has 0 radical (unpaired) electrons. The summed E-state index contributed by atoms with van der Waals surface area (Å²) in [6, 6.07) is 15.0. The summed E-state index contributed by atoms with van der Waals surface area (Å²) in [6.45, 7) is 0. The number of rotatable bonds is 2. The third-order valence-electron chi connectivity index (χ3n) is 3.08. The molecule has 0 fully saturated rings. The van der Waals surface area contributed by atoms with Gasteiger partial charge in [0.15, 0.2) is 0 Å². The highest BCUT2D eigenvalue weighted by molar-refractivity contribution is 14.1. The Labute approximate surface area is 129 Å². The second kappa shape index (κ2) is 5.20. The van der Waals surface area contributed by atoms with Crippen molar-refractivity contribution in [1.82, 2.24) is 0 Å². The van der Waals surface area contributed by atoms with Gasteiger partial charge in [-0.25, -0.2) is 0 Å². The number of allylic oxidation sites excluding steroid dienone is 1. The van der Waals surface area contributed by atoms with E-state index in [1.165, 1.54) is 6.08 Å². The Bertz CT molecular complexity index is 732. The van der Waals surface area contributed by atoms with Crippen LogP contribution in [0.3, 0.4) is 0 Å². The van der Waals surface area contributed by atoms with Gasteiger partial charge in [-0.2, -0.15) is 0 Å². The lowest BCUT2D eigenvalue weighted by molar-refractivity contribution is -0.111. The maximum Gasteiger partial charge on any atom is 0.233 e. The molecule has 3 nitrogen and oxygen atoms in total. The SMILES string of the molecule is O=C1C=C(Nc2ccc(I)cc2)c2ccccc2C1=O. The number of carbonyl (C=O) groups is 2. The van der Waals surface area contributed by atoms with Crippen molar-refractivity contribution in [3.63, 3.8) is 0 Å². The number of halogens is 1. The van der Waals surface area contributed by atoms with E-state index in [2.05, 4.69) is 27.9 Å². The van der Waals surface area contributed by atoms with Crippen LogP contribution in [0.1, 0.15) is 15.9 Å². The Hall–Kier alpha value is -1.95. The van der Waals surface area contributed by atoms with Crippen LogP contribution in [-0.4, -0.2) is 11.6 Å². The second-order valence-corrected chi connectivity index (χ2v) is 5.67. The first-order valence-corrected chi connectivity index (χ1v) is 7.15. The molecular formula is C16H10INO2. The molecule has 0 unspecified atom stereocenters. The minimum atomic E-state index is -0.489. The molecule has 0 saturated heterocycles. The minimum absolute atomic E-state index is 0.450. The molecule has 0 atom stereocenters. The molecule has 20 heavy (non-hydrogen) atoms. The van der Waals surface area contributed by atoms with Gasteiger partial charge in [-0.3, -0.25) is 9.59 Å². The van der Waals surface area contributed by atoms with Crippen molar-refractivity contribution >= 4 is 45.5 Å². The summed E-state index contributed by atoms with van der Waals surface area (Å²) in [5, 5.41) is 3.20. The molecule has 2 aromatic carbocycles. The molecule has 0 aromatic heterocycles. The Morgan fingerprint density at radius 2 is 1.50 bits per heavy atom. The van der Waals surface area contributed by atoms with Gasteiger partial charge in [0.05, 0.1) is 5.70 Å². The number of fused-ring (bicyclic) bond motifs is 1. The summed E-state index contributed by atoms with van der Waals surface area (Å²) >= 11 is 2.23. The van der Waals surface area contributed by atoms with E-state index < -0.39 is 11.6 Å². The van der Waals surface area contributed by atoms with Gasteiger partial charge in [-0.15, -0.1) is 0 Å². The first kappa shape index (κ1) is 13.1. The van der Waals surface area contributed by atoms with E-state index >= 15 is 0 Å². The molecule has 0 heterocycles. The molecule has 0 amide bonds. The van der Waals surface area contributed by atoms with Crippen LogP contribution in [0.25, 0.3) is 5.70 Å². The number of Topliss-reactive ketones (excluding diaryl/α,β-unsaturated/α-hetero) is 1. The zero-order valence-electron chi connectivity index (χ0n) is 10.4. The summed E-state index contributed by atoms with van der Waals surface area (Å²) < 4.78 is 1.14. The van der Waals surface area contributed by atoms with Crippen LogP contribution in [-0.2, 0) is 4.79 Å². The van der Waals surface area contributed by atoms with Crippen LogP contribution < -0.4 is 5.32 Å². The Kier molecular flexibility index (Phi) is 3.40. The van der Waals surface area contributed by atoms with Gasteiger partial charge in [0.1, 0.15) is 0 Å². The van der Waals surface area contributed by atoms with Crippen molar-refractivity contribution in [2.75, 3.05) is 5.32 Å². The van der Waals surface area contributed by atoms with E-state index in [1.54, 1.807) is 12.1 Å². The van der Waals surface area contributed by atoms with Crippen LogP contribution in [0.2, 0.25) is 0 Å². The lowest BCUT2D eigenvalue weighted by Crippen LogP contribution is -2.20. The van der Waals surface area contributed by atoms with Crippen molar-refractivity contribution in [2.45, 2.75) is 0 Å². The number of hydrogen-bond acceptors (Lipinski definition) is 3. The number of benzene rings is 2. The molecule has 0 bridgehead atoms. The van der Waals surface area contributed by atoms with E-state index in [0.717, 1.165) is 14.8 Å². The fraction of sp³-hybridized carbons (Fsp3) is 0. The first-order valence-electron chi connectivity index (χ1n) is 6.07. The minimum Gasteiger partial charge on any atom is -0.355 e. The quantitative estimate of drug-likeness (QED) is 0.646. The highest BCUT2D eigenvalue weighted by Crippen LogP contribution is 2.26. The Morgan fingerprint density at radius 3 is 2.20 bits per heavy atom. The maximum absolute atomic E-state index is 11.8. The largest absolute Gasteiger partial charge is 0.355 e. The smallest absolute Gasteiger partial charge is 0.233 e. The zero-order chi connectivity index (χ0) is 14.1. The van der Waals surface area contributed by atoms with E-state index in [1.807, 2.05) is 36.4 Å². The number of carbonyl (C=O) groups excluding carboxylic acids is 2. The number of hydrogen-bond donors (Lipinski definition) is 1. The monoisotopic (exact) mass is 375 g/mol. The predicted octanol–water partition coefficient (Wildman–Crippen LogP) is 3.51. The normalized spacial score (nSPS) is 13.8. The van der Waals surface area contributed by atoms with Gasteiger partial charge >= 0.3 is 0 Å². The average Bonchev–Trinajstić information content (AvgIpc) is 2.47. The van der Waals surface area contributed by atoms with Crippen molar-refractivity contribution in [1.29, 1.82) is 0 Å². The highest BCUT2D eigenvalue weighted by Gasteiger charge is 2.25. The fourth-order valence-corrected chi connectivity index (χ4v) is 2.47. The summed E-state index contributed by atoms with van der Waals surface area (Å²) in [4.78, 5) is 23.6. The molecule has 3 rings (SSSR count). The van der Waals surface area contributed by atoms with Gasteiger partial charge in [-0.1, -0.05) is 24.3 Å². The molecule has 98 valence electrons. The third kappa shape index (κ3) is 2.38. The van der Waals surface area contributed by atoms with Crippen LogP contribution in [0.4, 0.5) is 5.69 Å². The highest BCUT2D eigenvalue weighted by atomic mass is 127. The summed E-state index contributed by atoms with van der Waals surface area (Å²) in [6.07, 6.45) is 1.36. The molecule has 4 heteroatoms.